The molecule has 22 heteroatoms. The number of aliphatic hydroxyl groups is 1. The van der Waals surface area contributed by atoms with Crippen LogP contribution in [0.1, 0.15) is 508 Å². The maximum Gasteiger partial charge on any atom is 0.514 e. The number of rotatable bonds is 99. The summed E-state index contributed by atoms with van der Waals surface area (Å²) < 4.78 is 46.2. The highest BCUT2D eigenvalue weighted by Gasteiger charge is 2.22. The lowest BCUT2D eigenvalue weighted by Crippen LogP contribution is -2.37. The highest BCUT2D eigenvalue weighted by Crippen LogP contribution is 2.27. The van der Waals surface area contributed by atoms with E-state index in [0.717, 1.165) is 310 Å². The van der Waals surface area contributed by atoms with E-state index in [1.165, 1.54) is 172 Å². The van der Waals surface area contributed by atoms with Gasteiger partial charge in [-0.05, 0) is 192 Å². The smallest absolute Gasteiger partial charge is 0.465 e. The van der Waals surface area contributed by atoms with Gasteiger partial charge in [-0.1, -0.05) is 354 Å². The fourth-order valence-electron chi connectivity index (χ4n) is 17.5. The number of likely N-dealkylation sites (N-methyl/N-ethyl adjacent to an activating group) is 4. The van der Waals surface area contributed by atoms with Gasteiger partial charge in [0.15, 0.2) is 11.6 Å². The molecule has 1 N–H and O–H groups in total. The topological polar surface area (TPSA) is 253 Å². The summed E-state index contributed by atoms with van der Waals surface area (Å²) in [5.41, 5.74) is -0.0759. The summed E-state index contributed by atoms with van der Waals surface area (Å²) in [5.74, 6) is 1.55. The molecule has 0 saturated heterocycles. The number of carbonyl (C=O) groups excluding carboxylic acids is 6. The van der Waals surface area contributed by atoms with E-state index in [1.54, 1.807) is 0 Å². The predicted octanol–water partition coefficient (Wildman–Crippen LogP) is 30.6. The molecule has 1 aromatic carbocycles. The SMILES string of the molecule is CCCCCCC(CCCC)COC(=O)CCCCCCCCC(CCCCCCCCC(=O)COC(CCCC)CCCCCC)OC(=O)OCCN(CC)CCN(CC)CC.CCCCCCC(CCCC)COC(=O)CCCCCCCCC(CCCCCCCCC(=O)COC(CCCC)CCCCCC)OC(=O)Oc1ccc([N+](=O)[O-])cc1.CCN(CC)CCN(CC)CCO. The van der Waals surface area contributed by atoms with Gasteiger partial charge in [-0.15, -0.1) is 0 Å². The van der Waals surface area contributed by atoms with Gasteiger partial charge in [-0.3, -0.25) is 34.2 Å². The number of aliphatic hydroxyl groups excluding tert-OH is 1. The summed E-state index contributed by atoms with van der Waals surface area (Å²) in [7, 11) is 0. The van der Waals surface area contributed by atoms with Gasteiger partial charge < -0.3 is 57.7 Å². The maximum absolute atomic E-state index is 12.9. The lowest BCUT2D eigenvalue weighted by atomic mass is 9.96. The number of nitro benzene ring substituents is 1. The molecule has 0 amide bonds. The molecule has 22 nitrogen and oxygen atoms in total. The van der Waals surface area contributed by atoms with Crippen molar-refractivity contribution in [1.29, 1.82) is 0 Å². The summed E-state index contributed by atoms with van der Waals surface area (Å²) in [6, 6.07) is 5.39. The van der Waals surface area contributed by atoms with E-state index in [9.17, 15) is 38.9 Å². The van der Waals surface area contributed by atoms with Crippen molar-refractivity contribution in [2.45, 2.75) is 532 Å². The number of nitro groups is 1. The molecule has 0 spiro atoms. The van der Waals surface area contributed by atoms with Crippen LogP contribution in [0.3, 0.4) is 0 Å². The number of ketones is 2. The monoisotopic (exact) mass is 1930 g/mol. The van der Waals surface area contributed by atoms with Gasteiger partial charge in [0, 0.05) is 77.1 Å². The Bertz CT molecular complexity index is 2690. The second-order valence-corrected chi connectivity index (χ2v) is 39.0. The fourth-order valence-corrected chi connectivity index (χ4v) is 17.5. The minimum atomic E-state index is -0.796. The number of carbonyl (C=O) groups is 6. The Hall–Kier alpha value is -4.84. The third-order valence-corrected chi connectivity index (χ3v) is 27.0. The van der Waals surface area contributed by atoms with Crippen molar-refractivity contribution in [2.24, 2.45) is 11.8 Å². The lowest BCUT2D eigenvalue weighted by Gasteiger charge is -2.25. The number of nitrogens with zero attached hydrogens (tertiary/aromatic N) is 5. The standard InChI is InChI=1S/C54H106N2O7.C50H87NO9.C10H24N2O/c1-8-15-19-29-36-49(35-17-10-3)47-62-53(58)42-34-28-24-23-27-33-41-52(63-54(59)60-46-45-56(14-7)44-43-55(12-5)13-6)40-32-26-22-21-25-30-37-50(57)48-61-51(38-18-11-4)39-31-20-16-9-2;1-5-9-13-23-30-43(29-11-7-3)41-58-49(53)36-28-22-18-17-21-27-35-47(59-50(54)60-48-39-37-44(38-40-48)51(55)56)34-26-20-16-15-19-24-31-45(52)42-57-46(32-12-8-4)33-25-14-10-6-2;1-4-11(5-2)7-8-12(6-3)9-10-13/h49,51-52H,8-48H2,1-7H3;37-40,43,46-47H,5-36,41-42H2,1-4H3;13H,4-10H2,1-3H3. The van der Waals surface area contributed by atoms with Gasteiger partial charge in [0.25, 0.3) is 5.69 Å². The quantitative estimate of drug-likeness (QED) is 0.0159. The van der Waals surface area contributed by atoms with E-state index in [2.05, 4.69) is 117 Å². The van der Waals surface area contributed by atoms with E-state index in [4.69, 9.17) is 43.0 Å². The fraction of sp³-hybridized carbons (Fsp3) is 0.895. The number of esters is 2. The number of ether oxygens (including phenoxy) is 8. The third kappa shape index (κ3) is 87.0. The molecule has 0 aliphatic heterocycles. The normalized spacial score (nSPS) is 12.8. The Morgan fingerprint density at radius 2 is 0.574 bits per heavy atom. The molecule has 136 heavy (non-hydrogen) atoms. The zero-order chi connectivity index (χ0) is 100. The van der Waals surface area contributed by atoms with E-state index >= 15 is 0 Å². The summed E-state index contributed by atoms with van der Waals surface area (Å²) in [6.07, 6.45) is 66.8. The molecular formula is C114H217N5O17. The summed E-state index contributed by atoms with van der Waals surface area (Å²) in [4.78, 5) is 95.6. The van der Waals surface area contributed by atoms with Crippen LogP contribution in [0.2, 0.25) is 0 Å². The van der Waals surface area contributed by atoms with Gasteiger partial charge in [0.2, 0.25) is 0 Å². The predicted molar refractivity (Wildman–Crippen MR) is 566 cm³/mol. The van der Waals surface area contributed by atoms with Gasteiger partial charge in [-0.25, -0.2) is 9.59 Å². The molecule has 6 atom stereocenters. The van der Waals surface area contributed by atoms with Crippen LogP contribution in [-0.2, 0) is 52.3 Å². The number of hydrogen-bond acceptors (Lipinski definition) is 21. The Balaban J connectivity index is 0. The average Bonchev–Trinajstić information content (AvgIpc) is 0.882. The number of benzene rings is 1. The second kappa shape index (κ2) is 102. The van der Waals surface area contributed by atoms with Crippen LogP contribution >= 0.6 is 0 Å². The van der Waals surface area contributed by atoms with Crippen LogP contribution in [0.5, 0.6) is 5.75 Å². The van der Waals surface area contributed by atoms with Crippen LogP contribution < -0.4 is 4.74 Å². The molecule has 0 fully saturated rings. The molecule has 1 rings (SSSR count). The van der Waals surface area contributed by atoms with Crippen LogP contribution in [0.15, 0.2) is 24.3 Å². The van der Waals surface area contributed by atoms with Gasteiger partial charge in [0.1, 0.15) is 37.8 Å². The van der Waals surface area contributed by atoms with Crippen molar-refractivity contribution in [2.75, 3.05) is 118 Å². The summed E-state index contributed by atoms with van der Waals surface area (Å²) >= 11 is 0. The molecule has 0 aromatic heterocycles. The second-order valence-electron chi connectivity index (χ2n) is 39.0. The molecular weight excluding hydrogens is 1710 g/mol. The van der Waals surface area contributed by atoms with Gasteiger partial charge in [0.05, 0.1) is 37.0 Å². The zero-order valence-corrected chi connectivity index (χ0v) is 91.0. The Kier molecular flexibility index (Phi) is 99.5. The van der Waals surface area contributed by atoms with Crippen molar-refractivity contribution >= 4 is 41.5 Å². The summed E-state index contributed by atoms with van der Waals surface area (Å²) in [6.45, 7) is 45.1. The molecule has 0 aliphatic rings. The van der Waals surface area contributed by atoms with Gasteiger partial charge in [-0.2, -0.15) is 0 Å². The number of unbranched alkanes of at least 4 members (excludes halogenated alkanes) is 36. The molecule has 0 aliphatic carbocycles. The lowest BCUT2D eigenvalue weighted by molar-refractivity contribution is -0.384. The van der Waals surface area contributed by atoms with Crippen molar-refractivity contribution in [3.63, 3.8) is 0 Å². The molecule has 1 aromatic rings. The van der Waals surface area contributed by atoms with Crippen molar-refractivity contribution in [3.05, 3.63) is 34.4 Å². The number of hydrogen-bond donors (Lipinski definition) is 1. The largest absolute Gasteiger partial charge is 0.514 e. The van der Waals surface area contributed by atoms with E-state index in [-0.39, 0.29) is 79.2 Å². The van der Waals surface area contributed by atoms with Crippen LogP contribution in [0, 0.1) is 22.0 Å². The first-order chi connectivity index (χ1) is 66.2. The summed E-state index contributed by atoms with van der Waals surface area (Å²) in [5, 5.41) is 19.8. The maximum atomic E-state index is 12.9. The van der Waals surface area contributed by atoms with E-state index in [1.807, 2.05) is 0 Å². The Morgan fingerprint density at radius 1 is 0.301 bits per heavy atom. The molecule has 800 valence electrons. The minimum absolute atomic E-state index is 0.0333. The molecule has 6 unspecified atom stereocenters. The minimum Gasteiger partial charge on any atom is -0.465 e. The highest BCUT2D eigenvalue weighted by molar-refractivity contribution is 5.80. The first kappa shape index (κ1) is 133. The van der Waals surface area contributed by atoms with Crippen LogP contribution in [0.4, 0.5) is 15.3 Å². The van der Waals surface area contributed by atoms with Crippen molar-refractivity contribution in [1.82, 2.24) is 19.6 Å². The average molecular weight is 1930 g/mol. The van der Waals surface area contributed by atoms with Crippen molar-refractivity contribution in [3.8, 4) is 5.75 Å². The molecule has 0 saturated carbocycles. The Morgan fingerprint density at radius 3 is 0.904 bits per heavy atom. The van der Waals surface area contributed by atoms with E-state index < -0.39 is 17.2 Å². The molecule has 0 radical (unpaired) electrons. The number of Topliss-reactive ketones (excluding diaryl/α,β-unsaturated/α-hetero) is 2. The Labute approximate surface area is 835 Å². The van der Waals surface area contributed by atoms with Crippen molar-refractivity contribution < 1.29 is 76.7 Å². The molecule has 0 bridgehead atoms. The van der Waals surface area contributed by atoms with E-state index in [0.29, 0.717) is 63.9 Å². The third-order valence-electron chi connectivity index (χ3n) is 27.0. The van der Waals surface area contributed by atoms with Crippen LogP contribution in [-0.4, -0.2) is 208 Å². The van der Waals surface area contributed by atoms with Crippen LogP contribution in [0.25, 0.3) is 0 Å². The highest BCUT2D eigenvalue weighted by atomic mass is 16.7. The first-order valence-electron chi connectivity index (χ1n) is 57.3. The molecule has 0 heterocycles. The number of non-ortho nitro benzene ring substituents is 1. The zero-order valence-electron chi connectivity index (χ0n) is 91.0. The first-order valence-corrected chi connectivity index (χ1v) is 57.3. The van der Waals surface area contributed by atoms with Gasteiger partial charge >= 0.3 is 24.2 Å².